The maximum absolute atomic E-state index is 12.3. The Morgan fingerprint density at radius 2 is 1.58 bits per heavy atom. The number of carboxylic acids is 1. The Hall–Kier alpha value is -2.66. The predicted molar refractivity (Wildman–Crippen MR) is 99.7 cm³/mol. The molecule has 2 aromatic rings. The monoisotopic (exact) mass is 355 g/mol. The van der Waals surface area contributed by atoms with E-state index in [1.54, 1.807) is 7.05 Å². The number of amides is 1. The summed E-state index contributed by atoms with van der Waals surface area (Å²) in [5.74, 6) is -1.18. The molecule has 5 nitrogen and oxygen atoms in total. The third kappa shape index (κ3) is 6.33. The number of aliphatic carboxylic acids is 1. The van der Waals surface area contributed by atoms with Crippen LogP contribution < -0.4 is 0 Å². The number of likely N-dealkylation sites (N-methyl/N-ethyl adjacent to an activating group) is 1. The molecular weight excluding hydrogens is 330 g/mol. The lowest BCUT2D eigenvalue weighted by Crippen LogP contribution is -2.43. The molecule has 0 saturated heterocycles. The van der Waals surface area contributed by atoms with Crippen molar-refractivity contribution in [3.8, 4) is 0 Å². The quantitative estimate of drug-likeness (QED) is 0.665. The molecule has 0 bridgehead atoms. The SMILES string of the molecule is CN(C(=O)CCCOCc1ccccc1)C(Cc1ccccc1)C(=O)O. The summed E-state index contributed by atoms with van der Waals surface area (Å²) in [7, 11) is 1.55. The molecule has 0 aliphatic carbocycles. The number of hydrogen-bond acceptors (Lipinski definition) is 3. The molecule has 1 unspecified atom stereocenters. The first-order valence-electron chi connectivity index (χ1n) is 8.72. The maximum atomic E-state index is 12.3. The van der Waals surface area contributed by atoms with Gasteiger partial charge < -0.3 is 14.7 Å². The van der Waals surface area contributed by atoms with Gasteiger partial charge in [-0.1, -0.05) is 60.7 Å². The second-order valence-corrected chi connectivity index (χ2v) is 6.19. The summed E-state index contributed by atoms with van der Waals surface area (Å²) in [4.78, 5) is 25.2. The molecule has 0 heterocycles. The van der Waals surface area contributed by atoms with Crippen LogP contribution in [0.15, 0.2) is 60.7 Å². The van der Waals surface area contributed by atoms with Gasteiger partial charge in [0.2, 0.25) is 5.91 Å². The van der Waals surface area contributed by atoms with E-state index in [9.17, 15) is 14.7 Å². The standard InChI is InChI=1S/C21H25NO4/c1-22(19(21(24)25)15-17-9-4-2-5-10-17)20(23)13-8-14-26-16-18-11-6-3-7-12-18/h2-7,9-12,19H,8,13-16H2,1H3,(H,24,25). The van der Waals surface area contributed by atoms with Gasteiger partial charge >= 0.3 is 5.97 Å². The van der Waals surface area contributed by atoms with Crippen LogP contribution in [0.25, 0.3) is 0 Å². The van der Waals surface area contributed by atoms with Crippen LogP contribution in [0.2, 0.25) is 0 Å². The fraction of sp³-hybridized carbons (Fsp3) is 0.333. The van der Waals surface area contributed by atoms with Gasteiger partial charge in [0.15, 0.2) is 0 Å². The van der Waals surface area contributed by atoms with Gasteiger partial charge in [0.1, 0.15) is 6.04 Å². The number of nitrogens with zero attached hydrogens (tertiary/aromatic N) is 1. The van der Waals surface area contributed by atoms with E-state index < -0.39 is 12.0 Å². The number of benzene rings is 2. The van der Waals surface area contributed by atoms with Crippen molar-refractivity contribution in [3.05, 3.63) is 71.8 Å². The van der Waals surface area contributed by atoms with Gasteiger partial charge in [0.05, 0.1) is 6.61 Å². The highest BCUT2D eigenvalue weighted by Crippen LogP contribution is 2.10. The van der Waals surface area contributed by atoms with Crippen molar-refractivity contribution < 1.29 is 19.4 Å². The van der Waals surface area contributed by atoms with Gasteiger partial charge in [-0.25, -0.2) is 4.79 Å². The van der Waals surface area contributed by atoms with E-state index in [1.807, 2.05) is 60.7 Å². The van der Waals surface area contributed by atoms with Crippen molar-refractivity contribution in [1.82, 2.24) is 4.90 Å². The highest BCUT2D eigenvalue weighted by molar-refractivity contribution is 5.83. The van der Waals surface area contributed by atoms with Crippen LogP contribution in [0.4, 0.5) is 0 Å². The first-order valence-corrected chi connectivity index (χ1v) is 8.72. The van der Waals surface area contributed by atoms with Crippen molar-refractivity contribution in [2.45, 2.75) is 31.9 Å². The fourth-order valence-corrected chi connectivity index (χ4v) is 2.67. The van der Waals surface area contributed by atoms with E-state index in [2.05, 4.69) is 0 Å². The molecular formula is C21H25NO4. The molecule has 2 rings (SSSR count). The highest BCUT2D eigenvalue weighted by Gasteiger charge is 2.26. The molecule has 0 aliphatic heterocycles. The Morgan fingerprint density at radius 3 is 2.15 bits per heavy atom. The zero-order valence-electron chi connectivity index (χ0n) is 15.0. The first-order chi connectivity index (χ1) is 12.6. The smallest absolute Gasteiger partial charge is 0.326 e. The fourth-order valence-electron chi connectivity index (χ4n) is 2.67. The molecule has 0 radical (unpaired) electrons. The van der Waals surface area contributed by atoms with Crippen molar-refractivity contribution in [2.24, 2.45) is 0 Å². The third-order valence-electron chi connectivity index (χ3n) is 4.21. The van der Waals surface area contributed by atoms with Crippen LogP contribution in [-0.2, 0) is 27.4 Å². The Labute approximate surface area is 154 Å². The average Bonchev–Trinajstić information content (AvgIpc) is 2.66. The van der Waals surface area contributed by atoms with E-state index in [4.69, 9.17) is 4.74 Å². The van der Waals surface area contributed by atoms with E-state index in [0.29, 0.717) is 26.1 Å². The third-order valence-corrected chi connectivity index (χ3v) is 4.21. The summed E-state index contributed by atoms with van der Waals surface area (Å²) in [6, 6.07) is 18.3. The Bertz CT molecular complexity index is 688. The Morgan fingerprint density at radius 1 is 1.00 bits per heavy atom. The highest BCUT2D eigenvalue weighted by atomic mass is 16.5. The van der Waals surface area contributed by atoms with Gasteiger partial charge in [-0.15, -0.1) is 0 Å². The van der Waals surface area contributed by atoms with E-state index in [0.717, 1.165) is 11.1 Å². The summed E-state index contributed by atoms with van der Waals surface area (Å²) in [6.45, 7) is 0.974. The lowest BCUT2D eigenvalue weighted by molar-refractivity contribution is -0.149. The van der Waals surface area contributed by atoms with E-state index >= 15 is 0 Å². The molecule has 0 spiro atoms. The molecule has 0 saturated carbocycles. The summed E-state index contributed by atoms with van der Waals surface area (Å²) < 4.78 is 5.57. The second-order valence-electron chi connectivity index (χ2n) is 6.19. The molecule has 0 fully saturated rings. The molecule has 26 heavy (non-hydrogen) atoms. The number of ether oxygens (including phenoxy) is 1. The number of carboxylic acid groups (broad SMARTS) is 1. The van der Waals surface area contributed by atoms with Crippen LogP contribution in [-0.4, -0.2) is 41.6 Å². The average molecular weight is 355 g/mol. The molecule has 138 valence electrons. The van der Waals surface area contributed by atoms with Gasteiger partial charge in [-0.2, -0.15) is 0 Å². The lowest BCUT2D eigenvalue weighted by Gasteiger charge is -2.25. The van der Waals surface area contributed by atoms with E-state index in [-0.39, 0.29) is 12.3 Å². The minimum Gasteiger partial charge on any atom is -0.480 e. The predicted octanol–water partition coefficient (Wildman–Crippen LogP) is 3.14. The molecule has 1 atom stereocenters. The lowest BCUT2D eigenvalue weighted by atomic mass is 10.0. The maximum Gasteiger partial charge on any atom is 0.326 e. The summed E-state index contributed by atoms with van der Waals surface area (Å²) in [5.41, 5.74) is 1.98. The molecule has 1 N–H and O–H groups in total. The zero-order valence-corrected chi connectivity index (χ0v) is 15.0. The van der Waals surface area contributed by atoms with Crippen LogP contribution >= 0.6 is 0 Å². The van der Waals surface area contributed by atoms with Crippen LogP contribution in [0, 0.1) is 0 Å². The number of hydrogen-bond donors (Lipinski definition) is 1. The van der Waals surface area contributed by atoms with Crippen molar-refractivity contribution in [3.63, 3.8) is 0 Å². The minimum atomic E-state index is -0.995. The molecule has 1 amide bonds. The summed E-state index contributed by atoms with van der Waals surface area (Å²) in [6.07, 6.45) is 1.13. The molecule has 0 aliphatic rings. The molecule has 2 aromatic carbocycles. The van der Waals surface area contributed by atoms with Crippen LogP contribution in [0.3, 0.4) is 0 Å². The second kappa shape index (κ2) is 10.4. The van der Waals surface area contributed by atoms with Crippen molar-refractivity contribution in [1.29, 1.82) is 0 Å². The molecule has 5 heteroatoms. The topological polar surface area (TPSA) is 66.8 Å². The minimum absolute atomic E-state index is 0.184. The normalized spacial score (nSPS) is 11.7. The Kier molecular flexibility index (Phi) is 7.83. The van der Waals surface area contributed by atoms with Crippen molar-refractivity contribution in [2.75, 3.05) is 13.7 Å². The number of carbonyl (C=O) groups excluding carboxylic acids is 1. The van der Waals surface area contributed by atoms with Gasteiger partial charge in [0, 0.05) is 26.5 Å². The number of carbonyl (C=O) groups is 2. The van der Waals surface area contributed by atoms with Gasteiger partial charge in [-0.3, -0.25) is 4.79 Å². The van der Waals surface area contributed by atoms with Gasteiger partial charge in [0.25, 0.3) is 0 Å². The summed E-state index contributed by atoms with van der Waals surface area (Å²) in [5, 5.41) is 9.47. The Balaban J connectivity index is 1.76. The van der Waals surface area contributed by atoms with Gasteiger partial charge in [-0.05, 0) is 17.5 Å². The van der Waals surface area contributed by atoms with E-state index in [1.165, 1.54) is 4.90 Å². The van der Waals surface area contributed by atoms with Crippen LogP contribution in [0.1, 0.15) is 24.0 Å². The first kappa shape index (κ1) is 19.7. The summed E-state index contributed by atoms with van der Waals surface area (Å²) >= 11 is 0. The zero-order chi connectivity index (χ0) is 18.8. The largest absolute Gasteiger partial charge is 0.480 e. The van der Waals surface area contributed by atoms with Crippen LogP contribution in [0.5, 0.6) is 0 Å². The molecule has 0 aromatic heterocycles. The number of rotatable bonds is 10. The van der Waals surface area contributed by atoms with Crippen molar-refractivity contribution >= 4 is 11.9 Å².